The second-order valence-corrected chi connectivity index (χ2v) is 4.28. The van der Waals surface area contributed by atoms with Gasteiger partial charge in [-0.15, -0.1) is 0 Å². The molecule has 17 heavy (non-hydrogen) atoms. The van der Waals surface area contributed by atoms with Gasteiger partial charge in [-0.1, -0.05) is 13.0 Å². The van der Waals surface area contributed by atoms with Crippen LogP contribution in [0.4, 0.5) is 0 Å². The van der Waals surface area contributed by atoms with Crippen molar-refractivity contribution in [3.63, 3.8) is 0 Å². The van der Waals surface area contributed by atoms with Gasteiger partial charge in [0, 0.05) is 36.3 Å². The number of pyridine rings is 1. The van der Waals surface area contributed by atoms with Gasteiger partial charge in [0.2, 0.25) is 0 Å². The van der Waals surface area contributed by atoms with E-state index in [-0.39, 0.29) is 6.04 Å². The van der Waals surface area contributed by atoms with Crippen LogP contribution in [0.15, 0.2) is 29.6 Å². The Morgan fingerprint density at radius 1 is 1.35 bits per heavy atom. The van der Waals surface area contributed by atoms with Crippen molar-refractivity contribution in [1.82, 2.24) is 15.2 Å². The lowest BCUT2D eigenvalue weighted by atomic mass is 9.99. The number of aromatic nitrogens is 3. The maximum absolute atomic E-state index is 4.56. The number of hydrogen-bond donors (Lipinski definition) is 1. The summed E-state index contributed by atoms with van der Waals surface area (Å²) < 4.78 is 0. The van der Waals surface area contributed by atoms with E-state index in [1.165, 1.54) is 11.1 Å². The summed E-state index contributed by atoms with van der Waals surface area (Å²) in [4.78, 5) is 8.84. The minimum absolute atomic E-state index is 0.168. The number of aromatic amines is 1. The molecule has 1 atom stereocenters. The van der Waals surface area contributed by atoms with E-state index in [4.69, 9.17) is 0 Å². The van der Waals surface area contributed by atoms with Crippen molar-refractivity contribution in [2.45, 2.75) is 25.8 Å². The van der Waals surface area contributed by atoms with E-state index in [0.717, 1.165) is 24.1 Å². The minimum atomic E-state index is 0.168. The van der Waals surface area contributed by atoms with E-state index in [1.807, 2.05) is 24.8 Å². The zero-order valence-corrected chi connectivity index (χ0v) is 9.72. The fourth-order valence-corrected chi connectivity index (χ4v) is 2.10. The van der Waals surface area contributed by atoms with Crippen molar-refractivity contribution in [2.75, 3.05) is 0 Å². The van der Waals surface area contributed by atoms with Gasteiger partial charge in [-0.3, -0.25) is 15.1 Å². The molecule has 0 radical (unpaired) electrons. The van der Waals surface area contributed by atoms with Crippen LogP contribution in [-0.2, 0) is 12.8 Å². The van der Waals surface area contributed by atoms with Crippen LogP contribution in [0.3, 0.4) is 0 Å². The lowest BCUT2D eigenvalue weighted by Gasteiger charge is -2.16. The summed E-state index contributed by atoms with van der Waals surface area (Å²) in [6.07, 6.45) is 9.41. The molecule has 1 N–H and O–H groups in total. The van der Waals surface area contributed by atoms with Crippen LogP contribution in [0, 0.1) is 0 Å². The van der Waals surface area contributed by atoms with Gasteiger partial charge in [-0.05, 0) is 17.5 Å². The molecule has 1 aliphatic heterocycles. The summed E-state index contributed by atoms with van der Waals surface area (Å²) in [6.45, 7) is 2.14. The molecule has 0 bridgehead atoms. The number of nitrogens with zero attached hydrogens (tertiary/aromatic N) is 3. The van der Waals surface area contributed by atoms with Crippen molar-refractivity contribution in [3.05, 3.63) is 47.0 Å². The van der Waals surface area contributed by atoms with Crippen molar-refractivity contribution in [1.29, 1.82) is 0 Å². The molecule has 2 aromatic heterocycles. The molecule has 1 aliphatic rings. The molecule has 4 nitrogen and oxygen atoms in total. The molecular formula is C13H14N4. The number of H-pyrrole nitrogens is 1. The lowest BCUT2D eigenvalue weighted by molar-refractivity contribution is 0.694. The zero-order valence-electron chi connectivity index (χ0n) is 9.72. The summed E-state index contributed by atoms with van der Waals surface area (Å²) >= 11 is 0. The minimum Gasteiger partial charge on any atom is -0.284 e. The standard InChI is InChI=1S/C13H14N4/c1-2-9-3-10(6-14-5-9)12-4-13-11(7-15-12)8-16-17-13/h3,5-8,12H,2,4H2,1H3,(H,16,17). The Hall–Kier alpha value is -1.97. The first kappa shape index (κ1) is 10.2. The molecule has 0 amide bonds. The second kappa shape index (κ2) is 4.13. The molecule has 0 fully saturated rings. The van der Waals surface area contributed by atoms with Crippen LogP contribution in [0.1, 0.15) is 35.3 Å². The molecule has 0 aliphatic carbocycles. The van der Waals surface area contributed by atoms with Crippen molar-refractivity contribution in [3.8, 4) is 0 Å². The highest BCUT2D eigenvalue weighted by Crippen LogP contribution is 2.26. The van der Waals surface area contributed by atoms with Gasteiger partial charge in [0.15, 0.2) is 0 Å². The van der Waals surface area contributed by atoms with Gasteiger partial charge in [0.25, 0.3) is 0 Å². The van der Waals surface area contributed by atoms with E-state index in [0.29, 0.717) is 0 Å². The van der Waals surface area contributed by atoms with Crippen LogP contribution in [0.5, 0.6) is 0 Å². The summed E-state index contributed by atoms with van der Waals surface area (Å²) in [5.41, 5.74) is 4.70. The maximum atomic E-state index is 4.56. The van der Waals surface area contributed by atoms with Crippen molar-refractivity contribution < 1.29 is 0 Å². The Balaban J connectivity index is 1.91. The van der Waals surface area contributed by atoms with Crippen molar-refractivity contribution in [2.24, 2.45) is 4.99 Å². The second-order valence-electron chi connectivity index (χ2n) is 4.28. The Bertz CT molecular complexity index is 556. The largest absolute Gasteiger partial charge is 0.284 e. The molecule has 3 heterocycles. The van der Waals surface area contributed by atoms with E-state index >= 15 is 0 Å². The molecule has 0 saturated carbocycles. The third-order valence-electron chi connectivity index (χ3n) is 3.15. The first-order valence-electron chi connectivity index (χ1n) is 5.86. The fourth-order valence-electron chi connectivity index (χ4n) is 2.10. The molecule has 4 heteroatoms. The highest BCUT2D eigenvalue weighted by Gasteiger charge is 2.18. The Morgan fingerprint density at radius 2 is 2.29 bits per heavy atom. The third-order valence-corrected chi connectivity index (χ3v) is 3.15. The summed E-state index contributed by atoms with van der Waals surface area (Å²) in [5.74, 6) is 0. The van der Waals surface area contributed by atoms with Crippen LogP contribution < -0.4 is 0 Å². The zero-order chi connectivity index (χ0) is 11.7. The molecule has 0 saturated heterocycles. The van der Waals surface area contributed by atoms with Crippen LogP contribution in [0.2, 0.25) is 0 Å². The summed E-state index contributed by atoms with van der Waals surface area (Å²) in [5, 5.41) is 7.06. The van der Waals surface area contributed by atoms with Crippen LogP contribution >= 0.6 is 0 Å². The van der Waals surface area contributed by atoms with E-state index in [9.17, 15) is 0 Å². The number of rotatable bonds is 2. The monoisotopic (exact) mass is 226 g/mol. The van der Waals surface area contributed by atoms with E-state index in [1.54, 1.807) is 0 Å². The van der Waals surface area contributed by atoms with Gasteiger partial charge in [-0.2, -0.15) is 5.10 Å². The average molecular weight is 226 g/mol. The molecule has 86 valence electrons. The SMILES string of the molecule is CCc1cncc(C2Cc3[nH]ncc3C=N2)c1. The number of aryl methyl sites for hydroxylation is 1. The molecule has 1 unspecified atom stereocenters. The molecule has 3 rings (SSSR count). The Labute approximate surface area is 99.8 Å². The number of fused-ring (bicyclic) bond motifs is 1. The van der Waals surface area contributed by atoms with Gasteiger partial charge in [0.05, 0.1) is 12.2 Å². The quantitative estimate of drug-likeness (QED) is 0.852. The predicted molar refractivity (Wildman–Crippen MR) is 66.2 cm³/mol. The van der Waals surface area contributed by atoms with Gasteiger partial charge in [-0.25, -0.2) is 0 Å². The van der Waals surface area contributed by atoms with Crippen molar-refractivity contribution >= 4 is 6.21 Å². The van der Waals surface area contributed by atoms with Crippen LogP contribution in [0.25, 0.3) is 0 Å². The van der Waals surface area contributed by atoms with E-state index in [2.05, 4.69) is 33.2 Å². The highest BCUT2D eigenvalue weighted by molar-refractivity contribution is 5.82. The smallest absolute Gasteiger partial charge is 0.0819 e. The molecule has 2 aromatic rings. The number of nitrogens with one attached hydrogen (secondary N) is 1. The van der Waals surface area contributed by atoms with Gasteiger partial charge in [0.1, 0.15) is 0 Å². The summed E-state index contributed by atoms with van der Waals surface area (Å²) in [7, 11) is 0. The number of aliphatic imine (C=N–C) groups is 1. The normalized spacial score (nSPS) is 18.1. The Kier molecular flexibility index (Phi) is 2.48. The number of hydrogen-bond acceptors (Lipinski definition) is 3. The summed E-state index contributed by atoms with van der Waals surface area (Å²) in [6, 6.07) is 2.36. The predicted octanol–water partition coefficient (Wildman–Crippen LogP) is 2.08. The van der Waals surface area contributed by atoms with E-state index < -0.39 is 0 Å². The average Bonchev–Trinajstić information content (AvgIpc) is 2.86. The Morgan fingerprint density at radius 3 is 3.18 bits per heavy atom. The molecular weight excluding hydrogens is 212 g/mol. The first-order chi connectivity index (χ1) is 8.36. The maximum Gasteiger partial charge on any atom is 0.0819 e. The van der Waals surface area contributed by atoms with Gasteiger partial charge >= 0.3 is 0 Å². The van der Waals surface area contributed by atoms with Gasteiger partial charge < -0.3 is 0 Å². The third kappa shape index (κ3) is 1.86. The molecule has 0 spiro atoms. The topological polar surface area (TPSA) is 53.9 Å². The first-order valence-corrected chi connectivity index (χ1v) is 5.86. The lowest BCUT2D eigenvalue weighted by Crippen LogP contribution is -2.08. The van der Waals surface area contributed by atoms with Crippen LogP contribution in [-0.4, -0.2) is 21.4 Å². The fraction of sp³-hybridized carbons (Fsp3) is 0.308. The molecule has 0 aromatic carbocycles. The highest BCUT2D eigenvalue weighted by atomic mass is 15.1.